The number of nitrogens with two attached hydrogens (primary N) is 2. The largest absolute Gasteiger partial charge is 0.444 e. The zero-order valence-electron chi connectivity index (χ0n) is 28.0. The van der Waals surface area contributed by atoms with E-state index in [1.54, 1.807) is 12.1 Å². The van der Waals surface area contributed by atoms with Gasteiger partial charge in [-0.2, -0.15) is 0 Å². The number of nitrogen functional groups attached to an aromatic ring is 2. The molecule has 2 saturated heterocycles. The maximum absolute atomic E-state index is 13.1. The summed E-state index contributed by atoms with van der Waals surface area (Å²) >= 11 is 1.40. The number of amides is 2. The number of carbonyl (C=O) groups is 2. The first-order valence-electron chi connectivity index (χ1n) is 16.4. The van der Waals surface area contributed by atoms with Gasteiger partial charge in [-0.1, -0.05) is 30.0 Å². The van der Waals surface area contributed by atoms with Crippen LogP contribution in [0.2, 0.25) is 0 Å². The lowest BCUT2D eigenvalue weighted by molar-refractivity contribution is -0.133. The molecule has 0 aliphatic carbocycles. The summed E-state index contributed by atoms with van der Waals surface area (Å²) in [5, 5.41) is 0.458. The lowest BCUT2D eigenvalue weighted by atomic mass is 9.96. The Labute approximate surface area is 287 Å². The number of rotatable bonds is 9. The molecule has 254 valence electrons. The number of carbonyl (C=O) groups excluding carboxylic acids is 2. The Morgan fingerprint density at radius 2 is 1.62 bits per heavy atom. The number of nitrogens with zero attached hydrogens (tertiary/aromatic N) is 7. The molecule has 3 aromatic rings. The molecule has 2 fully saturated rings. The summed E-state index contributed by atoms with van der Waals surface area (Å²) in [6, 6.07) is 13.0. The molecule has 13 heteroatoms. The summed E-state index contributed by atoms with van der Waals surface area (Å²) in [7, 11) is 0. The molecule has 2 aromatic heterocycles. The van der Waals surface area contributed by atoms with Crippen molar-refractivity contribution >= 4 is 41.0 Å². The molecule has 0 bridgehead atoms. The average Bonchev–Trinajstić information content (AvgIpc) is 3.06. The first kappa shape index (κ1) is 34.9. The molecule has 0 unspecified atom stereocenters. The maximum atomic E-state index is 13.1. The summed E-state index contributed by atoms with van der Waals surface area (Å²) in [5.41, 5.74) is 15.2. The number of hydrogen-bond acceptors (Lipinski definition) is 10. The van der Waals surface area contributed by atoms with E-state index in [0.717, 1.165) is 75.6 Å². The first-order chi connectivity index (χ1) is 23.0. The van der Waals surface area contributed by atoms with E-state index in [-0.39, 0.29) is 23.5 Å². The van der Waals surface area contributed by atoms with Crippen molar-refractivity contribution in [3.8, 4) is 11.3 Å². The van der Waals surface area contributed by atoms with Gasteiger partial charge in [-0.05, 0) is 75.8 Å². The number of aryl methyl sites for hydroxylation is 1. The average molecular weight is 672 g/mol. The molecule has 1 aromatic carbocycles. The minimum Gasteiger partial charge on any atom is -0.444 e. The third-order valence-corrected chi connectivity index (χ3v) is 9.38. The zero-order chi connectivity index (χ0) is 34.3. The predicted octanol–water partition coefficient (Wildman–Crippen LogP) is 5.27. The lowest BCUT2D eigenvalue weighted by Gasteiger charge is -2.39. The second kappa shape index (κ2) is 15.7. The number of hydrogen-bond donors (Lipinski definition) is 2. The monoisotopic (exact) mass is 671 g/mol. The minimum atomic E-state index is -0.476. The van der Waals surface area contributed by atoms with Crippen molar-refractivity contribution in [1.29, 1.82) is 0 Å². The van der Waals surface area contributed by atoms with Crippen molar-refractivity contribution < 1.29 is 14.3 Å². The number of pyridine rings is 1. The van der Waals surface area contributed by atoms with E-state index < -0.39 is 5.60 Å². The van der Waals surface area contributed by atoms with Gasteiger partial charge in [0.2, 0.25) is 5.91 Å². The summed E-state index contributed by atoms with van der Waals surface area (Å²) in [6.07, 6.45) is 2.71. The molecule has 4 N–H and O–H groups in total. The highest BCUT2D eigenvalue weighted by Crippen LogP contribution is 2.35. The fraction of sp³-hybridized carbons (Fsp3) is 0.486. The van der Waals surface area contributed by atoms with Crippen LogP contribution >= 0.6 is 11.8 Å². The van der Waals surface area contributed by atoms with Gasteiger partial charge in [-0.15, -0.1) is 0 Å². The van der Waals surface area contributed by atoms with Crippen molar-refractivity contribution in [2.45, 2.75) is 63.0 Å². The molecule has 0 atom stereocenters. The molecule has 0 spiro atoms. The molecule has 0 radical (unpaired) electrons. The lowest BCUT2D eigenvalue weighted by Crippen LogP contribution is -2.51. The number of likely N-dealkylation sites (tertiary alicyclic amines) is 1. The highest BCUT2D eigenvalue weighted by molar-refractivity contribution is 7.98. The quantitative estimate of drug-likeness (QED) is 0.133. The van der Waals surface area contributed by atoms with Gasteiger partial charge >= 0.3 is 6.09 Å². The zero-order valence-corrected chi connectivity index (χ0v) is 28.8. The predicted molar refractivity (Wildman–Crippen MR) is 188 cm³/mol. The number of aromatic nitrogens is 3. The highest BCUT2D eigenvalue weighted by Gasteiger charge is 2.29. The second-order valence-electron chi connectivity index (χ2n) is 13.3. The Balaban J connectivity index is 1.06. The molecule has 0 saturated carbocycles. The highest BCUT2D eigenvalue weighted by atomic mass is 32.2. The van der Waals surface area contributed by atoms with Gasteiger partial charge in [0.25, 0.3) is 5.69 Å². The van der Waals surface area contributed by atoms with Gasteiger partial charge in [-0.3, -0.25) is 14.7 Å². The molecule has 5 rings (SSSR count). The van der Waals surface area contributed by atoms with Gasteiger partial charge in [0.05, 0.1) is 18.0 Å². The van der Waals surface area contributed by atoms with Crippen molar-refractivity contribution in [3.05, 3.63) is 65.3 Å². The third kappa shape index (κ3) is 9.58. The van der Waals surface area contributed by atoms with Crippen LogP contribution in [0.25, 0.3) is 16.1 Å². The fourth-order valence-electron chi connectivity index (χ4n) is 5.92. The minimum absolute atomic E-state index is 0.135. The molecular weight excluding hydrogens is 627 g/mol. The van der Waals surface area contributed by atoms with Gasteiger partial charge in [0, 0.05) is 69.4 Å². The van der Waals surface area contributed by atoms with Gasteiger partial charge in [0.1, 0.15) is 11.4 Å². The van der Waals surface area contributed by atoms with Crippen LogP contribution in [-0.2, 0) is 21.7 Å². The van der Waals surface area contributed by atoms with Crippen molar-refractivity contribution in [3.63, 3.8) is 0 Å². The number of anilines is 2. The van der Waals surface area contributed by atoms with E-state index in [1.807, 2.05) is 60.9 Å². The van der Waals surface area contributed by atoms with E-state index >= 15 is 0 Å². The number of ether oxygens (including phenoxy) is 1. The van der Waals surface area contributed by atoms with Crippen molar-refractivity contribution in [1.82, 2.24) is 29.7 Å². The number of piperidine rings is 1. The van der Waals surface area contributed by atoms with Crippen LogP contribution < -0.4 is 11.5 Å². The Bertz CT molecular complexity index is 1620. The summed E-state index contributed by atoms with van der Waals surface area (Å²) in [6.45, 7) is 18.9. The SMILES string of the molecule is [C-]#[N+]c1c(N)nc(SCc2cccc(CCC(=O)N3CCN(CC4CCN(C(=O)OC(C)(C)C)CC4)CC3)n2)nc1-c1ccc(N)cc1. The van der Waals surface area contributed by atoms with Crippen molar-refractivity contribution in [2.75, 3.05) is 57.3 Å². The van der Waals surface area contributed by atoms with E-state index in [1.165, 1.54) is 11.8 Å². The van der Waals surface area contributed by atoms with Crippen LogP contribution in [0.15, 0.2) is 47.6 Å². The van der Waals surface area contributed by atoms with Crippen LogP contribution in [0.3, 0.4) is 0 Å². The number of piperazine rings is 1. The molecule has 2 aliphatic heterocycles. The number of thioether (sulfide) groups is 1. The van der Waals surface area contributed by atoms with Gasteiger partial charge in [0.15, 0.2) is 5.16 Å². The maximum Gasteiger partial charge on any atom is 0.410 e. The smallest absolute Gasteiger partial charge is 0.410 e. The second-order valence-corrected chi connectivity index (χ2v) is 14.3. The van der Waals surface area contributed by atoms with Gasteiger partial charge in [-0.25, -0.2) is 19.6 Å². The summed E-state index contributed by atoms with van der Waals surface area (Å²) in [5.74, 6) is 1.36. The first-order valence-corrected chi connectivity index (χ1v) is 17.4. The van der Waals surface area contributed by atoms with E-state index in [4.69, 9.17) is 27.8 Å². The Hall–Kier alpha value is -4.41. The van der Waals surface area contributed by atoms with Crippen LogP contribution in [0, 0.1) is 12.5 Å². The Morgan fingerprint density at radius 1 is 0.938 bits per heavy atom. The van der Waals surface area contributed by atoms with Crippen LogP contribution in [0.4, 0.5) is 22.0 Å². The Kier molecular flexibility index (Phi) is 11.4. The summed E-state index contributed by atoms with van der Waals surface area (Å²) in [4.78, 5) is 49.0. The molecule has 2 amide bonds. The van der Waals surface area contributed by atoms with Crippen LogP contribution in [0.5, 0.6) is 0 Å². The standard InChI is InChI=1S/C35H45N9O3S/c1-35(2,3)47-34(46)44-16-14-24(15-17-44)22-42-18-20-43(21-19-42)29(45)13-12-27-6-5-7-28(39-27)23-48-33-40-30(31(38-4)32(37)41-33)25-8-10-26(36)11-9-25/h5-11,24H,12-23,36H2,1-3H3,(H2,37,40,41). The van der Waals surface area contributed by atoms with Crippen LogP contribution in [0.1, 0.15) is 51.4 Å². The topological polar surface area (TPSA) is 148 Å². The molecule has 2 aliphatic rings. The molecular formula is C35H45N9O3S. The van der Waals surface area contributed by atoms with E-state index in [0.29, 0.717) is 41.1 Å². The molecule has 48 heavy (non-hydrogen) atoms. The van der Waals surface area contributed by atoms with E-state index in [2.05, 4.69) is 19.7 Å². The van der Waals surface area contributed by atoms with Crippen LogP contribution in [-0.4, -0.2) is 93.1 Å². The number of benzene rings is 1. The Morgan fingerprint density at radius 3 is 2.29 bits per heavy atom. The third-order valence-electron chi connectivity index (χ3n) is 8.50. The molecule has 4 heterocycles. The van der Waals surface area contributed by atoms with Gasteiger partial charge < -0.3 is 26.0 Å². The normalized spacial score (nSPS) is 16.0. The van der Waals surface area contributed by atoms with E-state index in [9.17, 15) is 9.59 Å². The molecule has 12 nitrogen and oxygen atoms in total. The van der Waals surface area contributed by atoms with Crippen molar-refractivity contribution in [2.24, 2.45) is 5.92 Å². The summed E-state index contributed by atoms with van der Waals surface area (Å²) < 4.78 is 5.52. The fourth-order valence-corrected chi connectivity index (χ4v) is 6.67.